The summed E-state index contributed by atoms with van der Waals surface area (Å²) in [5.41, 5.74) is 2.47. The van der Waals surface area contributed by atoms with Gasteiger partial charge in [-0.15, -0.1) is 11.3 Å². The average Bonchev–Trinajstić information content (AvgIpc) is 3.14. The van der Waals surface area contributed by atoms with E-state index < -0.39 is 0 Å². The van der Waals surface area contributed by atoms with Crippen molar-refractivity contribution in [2.45, 2.75) is 17.9 Å². The van der Waals surface area contributed by atoms with Crippen LogP contribution in [0.3, 0.4) is 0 Å². The number of amides is 1. The second-order valence-corrected chi connectivity index (χ2v) is 6.37. The third kappa shape index (κ3) is 2.72. The molecule has 0 aliphatic carbocycles. The van der Waals surface area contributed by atoms with Gasteiger partial charge < -0.3 is 4.90 Å². The number of hydrogen-bond acceptors (Lipinski definition) is 7. The molecule has 1 saturated heterocycles. The maximum Gasteiger partial charge on any atom is 0.239 e. The zero-order valence-electron chi connectivity index (χ0n) is 10.8. The molecule has 1 amide bonds. The van der Waals surface area contributed by atoms with E-state index in [1.54, 1.807) is 0 Å². The Morgan fingerprint density at radius 1 is 1.45 bits per heavy atom. The summed E-state index contributed by atoms with van der Waals surface area (Å²) in [6, 6.07) is 1.98. The van der Waals surface area contributed by atoms with Gasteiger partial charge in [0.25, 0.3) is 0 Å². The van der Waals surface area contributed by atoms with Crippen molar-refractivity contribution in [3.8, 4) is 0 Å². The highest BCUT2D eigenvalue weighted by Crippen LogP contribution is 2.29. The van der Waals surface area contributed by atoms with Crippen LogP contribution in [0.25, 0.3) is 10.2 Å². The van der Waals surface area contributed by atoms with Crippen LogP contribution in [0.1, 0.15) is 12.8 Å². The second kappa shape index (κ2) is 5.94. The summed E-state index contributed by atoms with van der Waals surface area (Å²) < 4.78 is 0. The number of hydrogen-bond donors (Lipinski definition) is 2. The number of carbonyl (C=O) groups excluding carboxylic acids is 1. The molecule has 3 heterocycles. The smallest absolute Gasteiger partial charge is 0.239 e. The van der Waals surface area contributed by atoms with Crippen molar-refractivity contribution < 1.29 is 4.79 Å². The van der Waals surface area contributed by atoms with E-state index >= 15 is 0 Å². The molecule has 0 bridgehead atoms. The molecule has 0 aromatic carbocycles. The molecule has 106 valence electrons. The van der Waals surface area contributed by atoms with E-state index in [1.165, 1.54) is 23.1 Å². The molecule has 1 aliphatic rings. The molecule has 2 aromatic heterocycles. The van der Waals surface area contributed by atoms with E-state index in [1.807, 2.05) is 16.3 Å². The number of carbonyl (C=O) groups is 1. The Labute approximate surface area is 124 Å². The Morgan fingerprint density at radius 2 is 2.25 bits per heavy atom. The summed E-state index contributed by atoms with van der Waals surface area (Å²) in [6.45, 7) is 1.76. The number of nitrogens with one attached hydrogen (secondary N) is 1. The van der Waals surface area contributed by atoms with E-state index in [-0.39, 0.29) is 5.91 Å². The van der Waals surface area contributed by atoms with Gasteiger partial charge in [0.15, 0.2) is 0 Å². The van der Waals surface area contributed by atoms with Crippen LogP contribution in [0.15, 0.2) is 16.5 Å². The molecule has 0 atom stereocenters. The van der Waals surface area contributed by atoms with Crippen molar-refractivity contribution in [1.82, 2.24) is 14.9 Å². The first-order valence-electron chi connectivity index (χ1n) is 6.40. The molecule has 0 spiro atoms. The molecule has 2 aromatic rings. The lowest BCUT2D eigenvalue weighted by Gasteiger charge is -2.14. The van der Waals surface area contributed by atoms with Gasteiger partial charge in [0, 0.05) is 18.5 Å². The Hall–Kier alpha value is -1.38. The van der Waals surface area contributed by atoms with E-state index in [4.69, 9.17) is 5.84 Å². The zero-order valence-corrected chi connectivity index (χ0v) is 12.5. The first-order chi connectivity index (χ1) is 9.78. The van der Waals surface area contributed by atoms with Crippen LogP contribution in [0.2, 0.25) is 0 Å². The number of fused-ring (bicyclic) bond motifs is 1. The summed E-state index contributed by atoms with van der Waals surface area (Å²) in [5, 5.41) is 3.75. The van der Waals surface area contributed by atoms with Crippen LogP contribution >= 0.6 is 23.1 Å². The minimum Gasteiger partial charge on any atom is -0.342 e. The number of thiophene rings is 1. The molecule has 1 aliphatic heterocycles. The number of aromatic nitrogens is 2. The minimum atomic E-state index is 0.178. The fourth-order valence-corrected chi connectivity index (χ4v) is 3.93. The topological polar surface area (TPSA) is 84.1 Å². The number of nitrogens with two attached hydrogens (primary N) is 1. The molecule has 0 saturated carbocycles. The molecule has 6 nitrogen and oxygen atoms in total. The van der Waals surface area contributed by atoms with Crippen molar-refractivity contribution in [1.29, 1.82) is 0 Å². The van der Waals surface area contributed by atoms with Gasteiger partial charge in [-0.2, -0.15) is 0 Å². The predicted molar refractivity (Wildman–Crippen MR) is 81.8 cm³/mol. The molecular formula is C12H15N5OS2. The highest BCUT2D eigenvalue weighted by molar-refractivity contribution is 8.00. The number of anilines is 1. The number of rotatable bonds is 4. The Kier molecular flexibility index (Phi) is 4.04. The van der Waals surface area contributed by atoms with Crippen LogP contribution in [-0.4, -0.2) is 39.6 Å². The lowest BCUT2D eigenvalue weighted by atomic mass is 10.4. The van der Waals surface area contributed by atoms with Gasteiger partial charge in [0.1, 0.15) is 9.86 Å². The molecule has 8 heteroatoms. The predicted octanol–water partition coefficient (Wildman–Crippen LogP) is 1.69. The summed E-state index contributed by atoms with van der Waals surface area (Å²) >= 11 is 2.98. The van der Waals surface area contributed by atoms with Crippen LogP contribution in [0.5, 0.6) is 0 Å². The number of thioether (sulfide) groups is 1. The summed E-state index contributed by atoms with van der Waals surface area (Å²) in [7, 11) is 0. The van der Waals surface area contributed by atoms with Gasteiger partial charge >= 0.3 is 0 Å². The normalized spacial score (nSPS) is 14.9. The van der Waals surface area contributed by atoms with E-state index in [0.29, 0.717) is 11.7 Å². The first-order valence-corrected chi connectivity index (χ1v) is 8.27. The van der Waals surface area contributed by atoms with Gasteiger partial charge in [0.05, 0.1) is 5.75 Å². The van der Waals surface area contributed by atoms with Crippen molar-refractivity contribution in [3.05, 3.63) is 11.4 Å². The largest absolute Gasteiger partial charge is 0.342 e. The van der Waals surface area contributed by atoms with Crippen molar-refractivity contribution in [3.63, 3.8) is 0 Å². The zero-order chi connectivity index (χ0) is 13.9. The second-order valence-electron chi connectivity index (χ2n) is 4.51. The third-order valence-electron chi connectivity index (χ3n) is 3.21. The quantitative estimate of drug-likeness (QED) is 0.387. The Bertz CT molecular complexity index is 623. The number of nitrogen functional groups attached to an aromatic ring is 1. The number of hydrazine groups is 1. The molecule has 3 N–H and O–H groups in total. The molecular weight excluding hydrogens is 294 g/mol. The van der Waals surface area contributed by atoms with Crippen LogP contribution in [0, 0.1) is 0 Å². The molecule has 0 radical (unpaired) electrons. The standard InChI is InChI=1S/C12H15N5OS2/c13-16-12-14-10-8(3-6-19-10)11(15-12)20-7-9(18)17-4-1-2-5-17/h3,6H,1-2,4-5,7,13H2,(H,14,15,16). The average molecular weight is 309 g/mol. The molecule has 0 unspecified atom stereocenters. The lowest BCUT2D eigenvalue weighted by molar-refractivity contribution is -0.127. The fraction of sp³-hybridized carbons (Fsp3) is 0.417. The lowest BCUT2D eigenvalue weighted by Crippen LogP contribution is -2.29. The van der Waals surface area contributed by atoms with E-state index in [9.17, 15) is 4.79 Å². The highest BCUT2D eigenvalue weighted by atomic mass is 32.2. The summed E-state index contributed by atoms with van der Waals surface area (Å²) in [6.07, 6.45) is 2.22. The van der Waals surface area contributed by atoms with Gasteiger partial charge in [-0.25, -0.2) is 15.8 Å². The first kappa shape index (κ1) is 13.6. The monoisotopic (exact) mass is 309 g/mol. The van der Waals surface area contributed by atoms with Crippen molar-refractivity contribution in [2.24, 2.45) is 5.84 Å². The third-order valence-corrected chi connectivity index (χ3v) is 4.99. The SMILES string of the molecule is NNc1nc(SCC(=O)N2CCCC2)c2ccsc2n1. The number of likely N-dealkylation sites (tertiary alicyclic amines) is 1. The number of nitrogens with zero attached hydrogens (tertiary/aromatic N) is 3. The van der Waals surface area contributed by atoms with Crippen molar-refractivity contribution >= 4 is 45.2 Å². The maximum atomic E-state index is 12.1. The van der Waals surface area contributed by atoms with Gasteiger partial charge in [-0.1, -0.05) is 11.8 Å². The van der Waals surface area contributed by atoms with Gasteiger partial charge in [-0.3, -0.25) is 10.2 Å². The highest BCUT2D eigenvalue weighted by Gasteiger charge is 2.19. The fourth-order valence-electron chi connectivity index (χ4n) is 2.19. The Morgan fingerprint density at radius 3 is 3.00 bits per heavy atom. The van der Waals surface area contributed by atoms with Crippen LogP contribution < -0.4 is 11.3 Å². The minimum absolute atomic E-state index is 0.178. The summed E-state index contributed by atoms with van der Waals surface area (Å²) in [5.74, 6) is 6.35. The van der Waals surface area contributed by atoms with E-state index in [2.05, 4.69) is 15.4 Å². The van der Waals surface area contributed by atoms with E-state index in [0.717, 1.165) is 41.2 Å². The van der Waals surface area contributed by atoms with Crippen LogP contribution in [0.4, 0.5) is 5.95 Å². The molecule has 3 rings (SSSR count). The maximum absolute atomic E-state index is 12.1. The van der Waals surface area contributed by atoms with Crippen molar-refractivity contribution in [2.75, 3.05) is 24.3 Å². The van der Waals surface area contributed by atoms with Gasteiger partial charge in [0.2, 0.25) is 11.9 Å². The molecule has 20 heavy (non-hydrogen) atoms. The summed E-state index contributed by atoms with van der Waals surface area (Å²) in [4.78, 5) is 23.5. The molecule has 1 fully saturated rings. The Balaban J connectivity index is 1.76. The van der Waals surface area contributed by atoms with Crippen LogP contribution in [-0.2, 0) is 4.79 Å². The van der Waals surface area contributed by atoms with Gasteiger partial charge in [-0.05, 0) is 24.3 Å².